The molecule has 0 nitrogen and oxygen atoms in total. The van der Waals surface area contributed by atoms with Crippen molar-refractivity contribution < 1.29 is 0 Å². The zero-order chi connectivity index (χ0) is 14.5. The molecule has 0 bridgehead atoms. The van der Waals surface area contributed by atoms with E-state index in [1.807, 2.05) is 0 Å². The van der Waals surface area contributed by atoms with Crippen LogP contribution in [0.3, 0.4) is 0 Å². The highest BCUT2D eigenvalue weighted by molar-refractivity contribution is 5.53. The molecule has 0 aliphatic rings. The minimum absolute atomic E-state index is 0.205. The molecule has 0 fully saturated rings. The van der Waals surface area contributed by atoms with Crippen molar-refractivity contribution >= 4 is 0 Å². The second kappa shape index (κ2) is 5.97. The molecule has 3 rings (SSSR count). The minimum atomic E-state index is -0.205. The highest BCUT2D eigenvalue weighted by atomic mass is 14.4. The summed E-state index contributed by atoms with van der Waals surface area (Å²) >= 11 is 0. The lowest BCUT2D eigenvalue weighted by Crippen LogP contribution is -2.29. The zero-order valence-corrected chi connectivity index (χ0v) is 12.2. The molecule has 0 heterocycles. The van der Waals surface area contributed by atoms with Crippen molar-refractivity contribution in [1.29, 1.82) is 0 Å². The number of hydrogen-bond acceptors (Lipinski definition) is 0. The molecule has 0 aromatic heterocycles. The van der Waals surface area contributed by atoms with Gasteiger partial charge in [0.2, 0.25) is 0 Å². The van der Waals surface area contributed by atoms with E-state index in [2.05, 4.69) is 104 Å². The van der Waals surface area contributed by atoms with Gasteiger partial charge in [-0.15, -0.1) is 0 Å². The van der Waals surface area contributed by atoms with Crippen LogP contribution >= 0.6 is 0 Å². The van der Waals surface area contributed by atoms with E-state index >= 15 is 0 Å². The summed E-state index contributed by atoms with van der Waals surface area (Å²) < 4.78 is 0. The molecule has 0 heteroatoms. The Balaban J connectivity index is 2.29. The first-order valence-electron chi connectivity index (χ1n) is 7.35. The first kappa shape index (κ1) is 13.6. The lowest BCUT2D eigenvalue weighted by atomic mass is 9.68. The van der Waals surface area contributed by atoms with E-state index in [9.17, 15) is 0 Å². The maximum absolute atomic E-state index is 2.30. The lowest BCUT2D eigenvalue weighted by molar-refractivity contribution is 0.717. The molecule has 0 aliphatic heterocycles. The van der Waals surface area contributed by atoms with E-state index in [1.54, 1.807) is 0 Å². The van der Waals surface area contributed by atoms with Crippen LogP contribution in [0.15, 0.2) is 91.0 Å². The molecule has 3 aromatic rings. The van der Waals surface area contributed by atoms with E-state index in [1.165, 1.54) is 16.7 Å². The van der Waals surface area contributed by atoms with Gasteiger partial charge in [0, 0.05) is 5.41 Å². The summed E-state index contributed by atoms with van der Waals surface area (Å²) in [4.78, 5) is 0. The SMILES string of the molecule is C[CH]C(c1ccccc1)(c1ccccc1)c1ccccc1. The van der Waals surface area contributed by atoms with Crippen LogP contribution in [0, 0.1) is 6.42 Å². The van der Waals surface area contributed by atoms with Crippen molar-refractivity contribution in [3.8, 4) is 0 Å². The van der Waals surface area contributed by atoms with E-state index in [0.717, 1.165) is 0 Å². The van der Waals surface area contributed by atoms with Crippen LogP contribution in [0.5, 0.6) is 0 Å². The van der Waals surface area contributed by atoms with Gasteiger partial charge in [0.1, 0.15) is 0 Å². The minimum Gasteiger partial charge on any atom is -0.0622 e. The van der Waals surface area contributed by atoms with E-state index < -0.39 is 0 Å². The van der Waals surface area contributed by atoms with E-state index in [4.69, 9.17) is 0 Å². The fourth-order valence-corrected chi connectivity index (χ4v) is 3.10. The van der Waals surface area contributed by atoms with Crippen molar-refractivity contribution in [2.75, 3.05) is 0 Å². The molecule has 0 amide bonds. The van der Waals surface area contributed by atoms with Crippen LogP contribution in [0.1, 0.15) is 23.6 Å². The van der Waals surface area contributed by atoms with Gasteiger partial charge >= 0.3 is 0 Å². The van der Waals surface area contributed by atoms with Crippen molar-refractivity contribution in [1.82, 2.24) is 0 Å². The number of benzene rings is 3. The summed E-state index contributed by atoms with van der Waals surface area (Å²) in [6.45, 7) is 2.15. The van der Waals surface area contributed by atoms with Crippen molar-refractivity contribution in [3.05, 3.63) is 114 Å². The molecular weight excluding hydrogens is 252 g/mol. The molecule has 0 spiro atoms. The Bertz CT molecular complexity index is 572. The topological polar surface area (TPSA) is 0 Å². The average Bonchev–Trinajstić information content (AvgIpc) is 2.59. The van der Waals surface area contributed by atoms with Gasteiger partial charge in [-0.05, 0) is 23.1 Å². The van der Waals surface area contributed by atoms with Crippen LogP contribution < -0.4 is 0 Å². The Labute approximate surface area is 127 Å². The second-order valence-corrected chi connectivity index (χ2v) is 5.19. The summed E-state index contributed by atoms with van der Waals surface area (Å²) in [6, 6.07) is 32.1. The third kappa shape index (κ3) is 2.38. The van der Waals surface area contributed by atoms with Crippen LogP contribution in [-0.4, -0.2) is 0 Å². The van der Waals surface area contributed by atoms with Gasteiger partial charge < -0.3 is 0 Å². The summed E-state index contributed by atoms with van der Waals surface area (Å²) in [6.07, 6.45) is 2.30. The van der Waals surface area contributed by atoms with Crippen molar-refractivity contribution in [3.63, 3.8) is 0 Å². The highest BCUT2D eigenvalue weighted by Gasteiger charge is 2.34. The fraction of sp³-hybridized carbons (Fsp3) is 0.0952. The Morgan fingerprint density at radius 2 is 0.810 bits per heavy atom. The number of rotatable bonds is 4. The van der Waals surface area contributed by atoms with Gasteiger partial charge in [-0.3, -0.25) is 0 Å². The first-order chi connectivity index (χ1) is 10.4. The fourth-order valence-electron chi connectivity index (χ4n) is 3.10. The number of hydrogen-bond donors (Lipinski definition) is 0. The van der Waals surface area contributed by atoms with Crippen LogP contribution in [-0.2, 0) is 5.41 Å². The first-order valence-corrected chi connectivity index (χ1v) is 7.35. The van der Waals surface area contributed by atoms with Crippen LogP contribution in [0.2, 0.25) is 0 Å². The van der Waals surface area contributed by atoms with Gasteiger partial charge in [-0.2, -0.15) is 0 Å². The molecule has 0 N–H and O–H groups in total. The van der Waals surface area contributed by atoms with Crippen LogP contribution in [0.4, 0.5) is 0 Å². The van der Waals surface area contributed by atoms with Crippen molar-refractivity contribution in [2.24, 2.45) is 0 Å². The molecular formula is C21H19. The normalized spacial score (nSPS) is 11.3. The molecule has 103 valence electrons. The highest BCUT2D eigenvalue weighted by Crippen LogP contribution is 2.41. The summed E-state index contributed by atoms with van der Waals surface area (Å²) in [5.41, 5.74) is 3.68. The Morgan fingerprint density at radius 1 is 0.524 bits per heavy atom. The van der Waals surface area contributed by atoms with Gasteiger partial charge in [0.25, 0.3) is 0 Å². The summed E-state index contributed by atoms with van der Waals surface area (Å²) in [5, 5.41) is 0. The van der Waals surface area contributed by atoms with Crippen LogP contribution in [0.25, 0.3) is 0 Å². The smallest absolute Gasteiger partial charge is 0.0479 e. The van der Waals surface area contributed by atoms with E-state index in [-0.39, 0.29) is 5.41 Å². The molecule has 3 aromatic carbocycles. The quantitative estimate of drug-likeness (QED) is 0.569. The molecule has 0 saturated heterocycles. The Kier molecular flexibility index (Phi) is 3.87. The molecule has 0 unspecified atom stereocenters. The standard InChI is InChI=1S/C21H19/c1-2-21(18-12-6-3-7-13-18,19-14-8-4-9-15-19)20-16-10-5-11-17-20/h2-17H,1H3. The van der Waals surface area contributed by atoms with Gasteiger partial charge in [0.05, 0.1) is 0 Å². The second-order valence-electron chi connectivity index (χ2n) is 5.19. The third-order valence-electron chi connectivity index (χ3n) is 4.12. The van der Waals surface area contributed by atoms with E-state index in [0.29, 0.717) is 0 Å². The predicted octanol–water partition coefficient (Wildman–Crippen LogP) is 5.25. The lowest BCUT2D eigenvalue weighted by Gasteiger charge is -2.34. The molecule has 0 atom stereocenters. The maximum atomic E-state index is 2.30. The zero-order valence-electron chi connectivity index (χ0n) is 12.2. The molecule has 1 radical (unpaired) electrons. The van der Waals surface area contributed by atoms with Gasteiger partial charge in [0.15, 0.2) is 0 Å². The average molecular weight is 271 g/mol. The maximum Gasteiger partial charge on any atom is 0.0479 e. The largest absolute Gasteiger partial charge is 0.0622 e. The summed E-state index contributed by atoms with van der Waals surface area (Å²) in [7, 11) is 0. The van der Waals surface area contributed by atoms with Crippen molar-refractivity contribution in [2.45, 2.75) is 12.3 Å². The monoisotopic (exact) mass is 271 g/mol. The predicted molar refractivity (Wildman–Crippen MR) is 89.2 cm³/mol. The molecule has 0 aliphatic carbocycles. The molecule has 0 saturated carbocycles. The molecule has 21 heavy (non-hydrogen) atoms. The van der Waals surface area contributed by atoms with Gasteiger partial charge in [-0.25, -0.2) is 0 Å². The third-order valence-corrected chi connectivity index (χ3v) is 4.12. The Hall–Kier alpha value is -2.34. The van der Waals surface area contributed by atoms with Gasteiger partial charge in [-0.1, -0.05) is 97.9 Å². The Morgan fingerprint density at radius 3 is 1.05 bits per heavy atom. The summed E-state index contributed by atoms with van der Waals surface area (Å²) in [5.74, 6) is 0.